The summed E-state index contributed by atoms with van der Waals surface area (Å²) in [6.07, 6.45) is 3.81. The third-order valence-electron chi connectivity index (χ3n) is 3.29. The van der Waals surface area contributed by atoms with Gasteiger partial charge in [0.1, 0.15) is 12.2 Å². The summed E-state index contributed by atoms with van der Waals surface area (Å²) in [7, 11) is 0. The van der Waals surface area contributed by atoms with Crippen molar-refractivity contribution in [1.82, 2.24) is 20.1 Å². The predicted octanol–water partition coefficient (Wildman–Crippen LogP) is 1.48. The highest BCUT2D eigenvalue weighted by Crippen LogP contribution is 2.19. The molecule has 1 aromatic heterocycles. The molecule has 1 N–H and O–H groups in total. The molecule has 0 saturated heterocycles. The molecule has 0 saturated carbocycles. The van der Waals surface area contributed by atoms with Crippen LogP contribution in [0.15, 0.2) is 24.5 Å². The molecule has 0 radical (unpaired) electrons. The van der Waals surface area contributed by atoms with Gasteiger partial charge in [0.25, 0.3) is 0 Å². The smallest absolute Gasteiger partial charge is 0.137 e. The topological polar surface area (TPSA) is 42.7 Å². The van der Waals surface area contributed by atoms with E-state index in [4.69, 9.17) is 0 Å². The Labute approximate surface area is 101 Å². The minimum Gasteiger partial charge on any atom is -0.312 e. The van der Waals surface area contributed by atoms with Gasteiger partial charge in [-0.1, -0.05) is 13.0 Å². The number of aromatic nitrogens is 3. The average molecular weight is 228 g/mol. The van der Waals surface area contributed by atoms with Gasteiger partial charge < -0.3 is 5.32 Å². The van der Waals surface area contributed by atoms with E-state index in [9.17, 15) is 0 Å². The maximum atomic E-state index is 4.12. The molecule has 2 aromatic rings. The molecule has 0 spiro atoms. The van der Waals surface area contributed by atoms with Crippen molar-refractivity contribution >= 4 is 0 Å². The van der Waals surface area contributed by atoms with E-state index in [-0.39, 0.29) is 0 Å². The van der Waals surface area contributed by atoms with E-state index in [1.165, 1.54) is 11.1 Å². The highest BCUT2D eigenvalue weighted by Gasteiger charge is 2.11. The summed E-state index contributed by atoms with van der Waals surface area (Å²) in [5.41, 5.74) is 4.01. The lowest BCUT2D eigenvalue weighted by Crippen LogP contribution is -2.23. The first-order chi connectivity index (χ1) is 8.38. The second-order valence-electron chi connectivity index (χ2n) is 4.35. The summed E-state index contributed by atoms with van der Waals surface area (Å²) >= 11 is 0. The summed E-state index contributed by atoms with van der Waals surface area (Å²) in [6, 6.07) is 6.63. The van der Waals surface area contributed by atoms with E-state index >= 15 is 0 Å². The zero-order chi connectivity index (χ0) is 11.7. The van der Waals surface area contributed by atoms with Crippen LogP contribution < -0.4 is 5.32 Å². The van der Waals surface area contributed by atoms with Crippen LogP contribution in [0.4, 0.5) is 0 Å². The highest BCUT2D eigenvalue weighted by atomic mass is 15.3. The van der Waals surface area contributed by atoms with Crippen molar-refractivity contribution in [3.05, 3.63) is 41.5 Å². The van der Waals surface area contributed by atoms with Crippen LogP contribution in [0.3, 0.4) is 0 Å². The molecule has 0 atom stereocenters. The Morgan fingerprint density at radius 1 is 1.35 bits per heavy atom. The molecule has 0 fully saturated rings. The lowest BCUT2D eigenvalue weighted by Gasteiger charge is -2.18. The van der Waals surface area contributed by atoms with Crippen molar-refractivity contribution < 1.29 is 0 Å². The fourth-order valence-electron chi connectivity index (χ4n) is 2.33. The van der Waals surface area contributed by atoms with Gasteiger partial charge in [0.15, 0.2) is 0 Å². The first-order valence-corrected chi connectivity index (χ1v) is 6.10. The average Bonchev–Trinajstić information content (AvgIpc) is 2.86. The van der Waals surface area contributed by atoms with E-state index in [1.807, 2.05) is 0 Å². The van der Waals surface area contributed by atoms with E-state index in [0.717, 1.165) is 37.4 Å². The van der Waals surface area contributed by atoms with Gasteiger partial charge in [0.05, 0.1) is 0 Å². The molecule has 17 heavy (non-hydrogen) atoms. The van der Waals surface area contributed by atoms with E-state index < -0.39 is 0 Å². The van der Waals surface area contributed by atoms with Crippen molar-refractivity contribution in [2.45, 2.75) is 26.3 Å². The van der Waals surface area contributed by atoms with Crippen LogP contribution in [0.5, 0.6) is 0 Å². The van der Waals surface area contributed by atoms with Crippen molar-refractivity contribution in [3.8, 4) is 5.69 Å². The van der Waals surface area contributed by atoms with Gasteiger partial charge in [-0.25, -0.2) is 0 Å². The second kappa shape index (κ2) is 4.30. The number of hydrogen-bond acceptors (Lipinski definition) is 3. The van der Waals surface area contributed by atoms with Gasteiger partial charge in [0, 0.05) is 18.7 Å². The fraction of sp³-hybridized carbons (Fsp3) is 0.385. The van der Waals surface area contributed by atoms with Crippen LogP contribution in [0.1, 0.15) is 23.9 Å². The van der Waals surface area contributed by atoms with E-state index in [0.29, 0.717) is 0 Å². The Balaban J connectivity index is 2.04. The Morgan fingerprint density at radius 2 is 2.29 bits per heavy atom. The molecule has 1 aliphatic heterocycles. The predicted molar refractivity (Wildman–Crippen MR) is 66.1 cm³/mol. The van der Waals surface area contributed by atoms with Gasteiger partial charge in [0.2, 0.25) is 0 Å². The van der Waals surface area contributed by atoms with Gasteiger partial charge in [-0.15, -0.1) is 10.2 Å². The van der Waals surface area contributed by atoms with Gasteiger partial charge in [-0.3, -0.25) is 4.57 Å². The van der Waals surface area contributed by atoms with Gasteiger partial charge in [-0.05, 0) is 36.2 Å². The maximum absolute atomic E-state index is 4.12. The first-order valence-electron chi connectivity index (χ1n) is 6.10. The fourth-order valence-corrected chi connectivity index (χ4v) is 2.33. The number of nitrogens with one attached hydrogen (secondary N) is 1. The number of nitrogens with zero attached hydrogens (tertiary/aromatic N) is 3. The van der Waals surface area contributed by atoms with Crippen LogP contribution >= 0.6 is 0 Å². The minimum absolute atomic E-state index is 0.898. The van der Waals surface area contributed by atoms with Crippen LogP contribution in [-0.2, 0) is 19.4 Å². The van der Waals surface area contributed by atoms with Crippen molar-refractivity contribution in [1.29, 1.82) is 0 Å². The molecule has 0 bridgehead atoms. The monoisotopic (exact) mass is 228 g/mol. The highest BCUT2D eigenvalue weighted by molar-refractivity contribution is 5.42. The summed E-state index contributed by atoms with van der Waals surface area (Å²) in [5, 5.41) is 11.5. The molecule has 0 amide bonds. The summed E-state index contributed by atoms with van der Waals surface area (Å²) in [5.74, 6) is 1.01. The van der Waals surface area contributed by atoms with Gasteiger partial charge in [-0.2, -0.15) is 0 Å². The zero-order valence-corrected chi connectivity index (χ0v) is 9.98. The van der Waals surface area contributed by atoms with E-state index in [2.05, 4.69) is 45.2 Å². The van der Waals surface area contributed by atoms with Crippen LogP contribution in [0.2, 0.25) is 0 Å². The molecule has 3 rings (SSSR count). The summed E-state index contributed by atoms with van der Waals surface area (Å²) in [6.45, 7) is 4.15. The SMILES string of the molecule is CCc1nncn1-c1ccc2c(c1)CNCC2. The minimum atomic E-state index is 0.898. The number of rotatable bonds is 2. The molecule has 2 heterocycles. The molecule has 4 heteroatoms. The molecular formula is C13H16N4. The number of benzene rings is 1. The molecule has 1 aromatic carbocycles. The lowest BCUT2D eigenvalue weighted by molar-refractivity contribution is 0.643. The third kappa shape index (κ3) is 1.85. The van der Waals surface area contributed by atoms with Crippen LogP contribution in [-0.4, -0.2) is 21.3 Å². The maximum Gasteiger partial charge on any atom is 0.137 e. The Kier molecular flexibility index (Phi) is 2.65. The summed E-state index contributed by atoms with van der Waals surface area (Å²) in [4.78, 5) is 0. The molecule has 0 aliphatic carbocycles. The lowest BCUT2D eigenvalue weighted by atomic mass is 10.0. The number of aryl methyl sites for hydroxylation is 1. The summed E-state index contributed by atoms with van der Waals surface area (Å²) < 4.78 is 2.06. The zero-order valence-electron chi connectivity index (χ0n) is 9.98. The van der Waals surface area contributed by atoms with Crippen molar-refractivity contribution in [3.63, 3.8) is 0 Å². The van der Waals surface area contributed by atoms with Crippen molar-refractivity contribution in [2.24, 2.45) is 0 Å². The molecular weight excluding hydrogens is 212 g/mol. The van der Waals surface area contributed by atoms with E-state index in [1.54, 1.807) is 6.33 Å². The Morgan fingerprint density at radius 3 is 3.18 bits per heavy atom. The first kappa shape index (κ1) is 10.5. The van der Waals surface area contributed by atoms with Gasteiger partial charge >= 0.3 is 0 Å². The quantitative estimate of drug-likeness (QED) is 0.846. The molecule has 0 unspecified atom stereocenters. The third-order valence-corrected chi connectivity index (χ3v) is 3.29. The standard InChI is InChI=1S/C13H16N4/c1-2-13-16-15-9-17(13)12-4-3-10-5-6-14-8-11(10)7-12/h3-4,7,9,14H,2,5-6,8H2,1H3. The Hall–Kier alpha value is -1.68. The molecule has 1 aliphatic rings. The largest absolute Gasteiger partial charge is 0.312 e. The molecule has 88 valence electrons. The molecule has 4 nitrogen and oxygen atoms in total. The Bertz CT molecular complexity index is 530. The van der Waals surface area contributed by atoms with Crippen LogP contribution in [0.25, 0.3) is 5.69 Å². The van der Waals surface area contributed by atoms with Crippen LogP contribution in [0, 0.1) is 0 Å². The number of fused-ring (bicyclic) bond motifs is 1. The number of hydrogen-bond donors (Lipinski definition) is 1. The normalized spacial score (nSPS) is 14.6. The second-order valence-corrected chi connectivity index (χ2v) is 4.35. The van der Waals surface area contributed by atoms with Crippen molar-refractivity contribution in [2.75, 3.05) is 6.54 Å².